The molecule has 2 aromatic carbocycles. The summed E-state index contributed by atoms with van der Waals surface area (Å²) < 4.78 is 102. The van der Waals surface area contributed by atoms with E-state index in [1.165, 1.54) is 47.7 Å². The number of ether oxygens (including phenoxy) is 2. The smallest absolute Gasteiger partial charge is 0.383 e. The van der Waals surface area contributed by atoms with Crippen LogP contribution in [-0.4, -0.2) is 53.3 Å². The third kappa shape index (κ3) is 6.57. The zero-order valence-corrected chi connectivity index (χ0v) is 21.9. The highest BCUT2D eigenvalue weighted by atomic mass is 32.2. The van der Waals surface area contributed by atoms with E-state index in [9.17, 15) is 35.5 Å². The Hall–Kier alpha value is -3.20. The fourth-order valence-electron chi connectivity index (χ4n) is 4.49. The molecule has 1 aliphatic rings. The average Bonchev–Trinajstić information content (AvgIpc) is 3.40. The van der Waals surface area contributed by atoms with Gasteiger partial charge in [-0.1, -0.05) is 31.2 Å². The van der Waals surface area contributed by atoms with Gasteiger partial charge in [0.25, 0.3) is 9.84 Å². The molecule has 216 valence electrons. The van der Waals surface area contributed by atoms with Crippen LogP contribution in [-0.2, 0) is 31.5 Å². The molecule has 2 heterocycles. The topological polar surface area (TPSA) is 104 Å². The molecule has 0 saturated carbocycles. The quantitative estimate of drug-likeness (QED) is 0.369. The van der Waals surface area contributed by atoms with Gasteiger partial charge in [-0.3, -0.25) is 0 Å². The summed E-state index contributed by atoms with van der Waals surface area (Å²) in [7, 11) is -5.43. The van der Waals surface area contributed by atoms with E-state index in [0.29, 0.717) is 18.1 Å². The van der Waals surface area contributed by atoms with Gasteiger partial charge in [-0.2, -0.15) is 18.3 Å². The van der Waals surface area contributed by atoms with Crippen molar-refractivity contribution in [1.29, 1.82) is 0 Å². The van der Waals surface area contributed by atoms with Gasteiger partial charge < -0.3 is 14.6 Å². The first-order valence-electron chi connectivity index (χ1n) is 12.1. The lowest BCUT2D eigenvalue weighted by molar-refractivity contribution is -0.180. The van der Waals surface area contributed by atoms with Crippen LogP contribution in [0.2, 0.25) is 0 Å². The van der Waals surface area contributed by atoms with Crippen LogP contribution in [0.4, 0.5) is 22.0 Å². The van der Waals surface area contributed by atoms with Crippen LogP contribution >= 0.6 is 0 Å². The largest absolute Gasteiger partial charge is 0.501 e. The molecule has 2 atom stereocenters. The number of aromatic nitrogens is 3. The minimum atomic E-state index is -5.43. The van der Waals surface area contributed by atoms with Crippen molar-refractivity contribution in [1.82, 2.24) is 14.8 Å². The second-order valence-corrected chi connectivity index (χ2v) is 11.5. The van der Waals surface area contributed by atoms with Crippen LogP contribution in [0.25, 0.3) is 6.08 Å². The third-order valence-corrected chi connectivity index (χ3v) is 8.20. The average molecular weight is 588 g/mol. The first kappa shape index (κ1) is 29.8. The number of nitrogens with zero attached hydrogens (tertiary/aromatic N) is 3. The fraction of sp³-hybridized carbons (Fsp3) is 0.385. The van der Waals surface area contributed by atoms with Crippen molar-refractivity contribution in [3.63, 3.8) is 0 Å². The minimum absolute atomic E-state index is 0.0793. The van der Waals surface area contributed by atoms with Crippen LogP contribution in [0.5, 0.6) is 0 Å². The molecular weight excluding hydrogens is 561 g/mol. The van der Waals surface area contributed by atoms with Crippen molar-refractivity contribution in [3.8, 4) is 0 Å². The van der Waals surface area contributed by atoms with Crippen LogP contribution in [0.1, 0.15) is 24.5 Å². The molecule has 0 unspecified atom stereocenters. The minimum Gasteiger partial charge on any atom is -0.383 e. The van der Waals surface area contributed by atoms with Gasteiger partial charge in [0.05, 0.1) is 24.7 Å². The molecule has 0 radical (unpaired) electrons. The summed E-state index contributed by atoms with van der Waals surface area (Å²) >= 11 is 0. The summed E-state index contributed by atoms with van der Waals surface area (Å²) in [5, 5.41) is 15.7. The van der Waals surface area contributed by atoms with Crippen molar-refractivity contribution in [2.45, 2.75) is 42.2 Å². The lowest BCUT2D eigenvalue weighted by atomic mass is 9.77. The fourth-order valence-corrected chi connectivity index (χ4v) is 5.25. The Bertz CT molecular complexity index is 1420. The van der Waals surface area contributed by atoms with Gasteiger partial charge in [0.1, 0.15) is 29.9 Å². The third-order valence-electron chi connectivity index (χ3n) is 6.70. The van der Waals surface area contributed by atoms with Crippen molar-refractivity contribution < 1.29 is 45.0 Å². The maximum absolute atomic E-state index is 14.7. The normalized spacial score (nSPS) is 20.9. The van der Waals surface area contributed by atoms with E-state index in [-0.39, 0.29) is 31.2 Å². The number of aliphatic hydroxyl groups is 1. The Morgan fingerprint density at radius 2 is 1.80 bits per heavy atom. The van der Waals surface area contributed by atoms with E-state index in [4.69, 9.17) is 9.47 Å². The zero-order chi connectivity index (χ0) is 29.1. The predicted octanol–water partition coefficient (Wildman–Crippen LogP) is 4.47. The Morgan fingerprint density at radius 1 is 1.12 bits per heavy atom. The number of hydrogen-bond acceptors (Lipinski definition) is 7. The summed E-state index contributed by atoms with van der Waals surface area (Å²) in [4.78, 5) is 2.99. The Kier molecular flexibility index (Phi) is 8.73. The second kappa shape index (κ2) is 11.7. The van der Waals surface area contributed by atoms with Crippen molar-refractivity contribution in [3.05, 3.63) is 84.0 Å². The predicted molar refractivity (Wildman–Crippen MR) is 132 cm³/mol. The molecule has 1 fully saturated rings. The van der Waals surface area contributed by atoms with Crippen LogP contribution in [0.15, 0.2) is 66.1 Å². The van der Waals surface area contributed by atoms with Gasteiger partial charge in [0, 0.05) is 17.5 Å². The molecule has 0 amide bonds. The zero-order valence-electron chi connectivity index (χ0n) is 21.1. The number of rotatable bonds is 9. The lowest BCUT2D eigenvalue weighted by Gasteiger charge is -2.38. The molecule has 3 aromatic rings. The molecule has 4 rings (SSSR count). The molecule has 1 saturated heterocycles. The van der Waals surface area contributed by atoms with Gasteiger partial charge in [-0.25, -0.2) is 26.9 Å². The summed E-state index contributed by atoms with van der Waals surface area (Å²) in [6, 6.07) is 7.18. The van der Waals surface area contributed by atoms with Crippen molar-refractivity contribution in [2.75, 3.05) is 13.2 Å². The van der Waals surface area contributed by atoms with Crippen LogP contribution in [0.3, 0.4) is 0 Å². The summed E-state index contributed by atoms with van der Waals surface area (Å²) in [5.74, 6) is -2.39. The second-order valence-electron chi connectivity index (χ2n) is 9.56. The molecule has 8 nitrogen and oxygen atoms in total. The molecule has 0 aliphatic carbocycles. The number of sulfone groups is 1. The van der Waals surface area contributed by atoms with Crippen LogP contribution in [0, 0.1) is 23.5 Å². The molecule has 1 N–H and O–H groups in total. The highest BCUT2D eigenvalue weighted by Crippen LogP contribution is 2.38. The first-order valence-corrected chi connectivity index (χ1v) is 13.6. The summed E-state index contributed by atoms with van der Waals surface area (Å²) in [6.45, 7) is 2.06. The Labute approximate surface area is 227 Å². The molecule has 1 aliphatic heterocycles. The number of alkyl halides is 3. The molecule has 40 heavy (non-hydrogen) atoms. The van der Waals surface area contributed by atoms with Crippen LogP contribution < -0.4 is 0 Å². The Balaban J connectivity index is 1.38. The van der Waals surface area contributed by atoms with Gasteiger partial charge in [-0.05, 0) is 42.2 Å². The van der Waals surface area contributed by atoms with E-state index in [0.717, 1.165) is 18.2 Å². The van der Waals surface area contributed by atoms with E-state index >= 15 is 0 Å². The van der Waals surface area contributed by atoms with Gasteiger partial charge in [-0.15, -0.1) is 0 Å². The molecule has 14 heteroatoms. The molecule has 0 spiro atoms. The van der Waals surface area contributed by atoms with E-state index < -0.39 is 49.7 Å². The SMILES string of the molecule is C[C@@H](CC1COC(/C=C/c2ccc(S(=O)(=O)C(F)(F)F)cc2)OC1)[C@](O)(Cn1cncn1)c1ccc(F)cc1F. The number of halogens is 5. The van der Waals surface area contributed by atoms with Gasteiger partial charge in [0.15, 0.2) is 6.29 Å². The molecule has 0 bridgehead atoms. The Morgan fingerprint density at radius 3 is 2.38 bits per heavy atom. The maximum atomic E-state index is 14.7. The summed E-state index contributed by atoms with van der Waals surface area (Å²) in [5.41, 5.74) is -6.79. The standard InChI is InChI=1S/C26H26F5N3O5S/c1-17(25(35,14-34-16-32-15-33-34)22-8-5-20(27)11-23(22)28)10-19-12-38-24(39-13-19)9-4-18-2-6-21(7-3-18)40(36,37)26(29,30)31/h2-9,11,15-17,19,24,35H,10,12-14H2,1H3/b9-4+/t17-,19?,24?,25+/m0/s1. The number of benzene rings is 2. The van der Waals surface area contributed by atoms with Gasteiger partial charge in [0.2, 0.25) is 0 Å². The van der Waals surface area contributed by atoms with E-state index in [2.05, 4.69) is 10.1 Å². The lowest BCUT2D eigenvalue weighted by Crippen LogP contribution is -2.42. The van der Waals surface area contributed by atoms with Gasteiger partial charge >= 0.3 is 5.51 Å². The van der Waals surface area contributed by atoms with E-state index in [1.807, 2.05) is 0 Å². The van der Waals surface area contributed by atoms with Crippen molar-refractivity contribution in [2.24, 2.45) is 11.8 Å². The molecule has 1 aromatic heterocycles. The summed E-state index contributed by atoms with van der Waals surface area (Å²) in [6.07, 6.45) is 5.29. The highest BCUT2D eigenvalue weighted by Gasteiger charge is 2.46. The highest BCUT2D eigenvalue weighted by molar-refractivity contribution is 7.92. The van der Waals surface area contributed by atoms with E-state index in [1.54, 1.807) is 6.92 Å². The molecular formula is C26H26F5N3O5S. The monoisotopic (exact) mass is 587 g/mol. The number of hydrogen-bond donors (Lipinski definition) is 1. The van der Waals surface area contributed by atoms with Crippen molar-refractivity contribution >= 4 is 15.9 Å². The first-order chi connectivity index (χ1) is 18.8. The maximum Gasteiger partial charge on any atom is 0.501 e.